The first-order valence-corrected chi connectivity index (χ1v) is 11.8. The van der Waals surface area contributed by atoms with Crippen LogP contribution < -0.4 is 5.73 Å². The molecule has 0 spiro atoms. The Hall–Kier alpha value is -2.02. The number of aromatic nitrogens is 1. The van der Waals surface area contributed by atoms with Crippen LogP contribution in [0.4, 0.5) is 0 Å². The second kappa shape index (κ2) is 7.54. The average molecular weight is 481 g/mol. The molecule has 0 saturated carbocycles. The van der Waals surface area contributed by atoms with Gasteiger partial charge in [0.2, 0.25) is 0 Å². The Morgan fingerprint density at radius 2 is 2.06 bits per heavy atom. The summed E-state index contributed by atoms with van der Waals surface area (Å²) in [5.74, 6) is 0.126. The highest BCUT2D eigenvalue weighted by Crippen LogP contribution is 2.49. The van der Waals surface area contributed by atoms with Crippen molar-refractivity contribution in [1.82, 2.24) is 9.88 Å². The SMILES string of the molecule is C=NCc1ccc2c3c([nH]c2c1)C(C)(C)C1=C(C=C(Br)C(N2CCC(N)CC2)C1)C3=O. The van der Waals surface area contributed by atoms with Gasteiger partial charge in [-0.25, -0.2) is 0 Å². The molecular weight excluding hydrogens is 452 g/mol. The van der Waals surface area contributed by atoms with Crippen molar-refractivity contribution in [3.05, 3.63) is 56.7 Å². The number of nitrogens with zero attached hydrogens (tertiary/aromatic N) is 2. The third-order valence-electron chi connectivity index (χ3n) is 7.35. The minimum Gasteiger partial charge on any atom is -0.357 e. The number of hydrogen-bond acceptors (Lipinski definition) is 4. The molecule has 2 heterocycles. The fourth-order valence-corrected chi connectivity index (χ4v) is 6.19. The summed E-state index contributed by atoms with van der Waals surface area (Å²) >= 11 is 3.82. The number of nitrogens with two attached hydrogens (primary N) is 1. The van der Waals surface area contributed by atoms with Crippen molar-refractivity contribution in [2.45, 2.75) is 57.2 Å². The fourth-order valence-electron chi connectivity index (χ4n) is 5.51. The molecule has 1 aromatic heterocycles. The van der Waals surface area contributed by atoms with Crippen LogP contribution in [0.2, 0.25) is 0 Å². The summed E-state index contributed by atoms with van der Waals surface area (Å²) in [7, 11) is 0. The number of Topliss-reactive ketones (excluding diaryl/α,β-unsaturated/α-hetero) is 1. The van der Waals surface area contributed by atoms with Crippen LogP contribution in [0.3, 0.4) is 0 Å². The average Bonchev–Trinajstić information content (AvgIpc) is 3.13. The van der Waals surface area contributed by atoms with Gasteiger partial charge in [0.1, 0.15) is 0 Å². The van der Waals surface area contributed by atoms with Gasteiger partial charge >= 0.3 is 0 Å². The number of hydrogen-bond donors (Lipinski definition) is 2. The van der Waals surface area contributed by atoms with Crippen LogP contribution in [0.25, 0.3) is 10.9 Å². The zero-order valence-electron chi connectivity index (χ0n) is 18.2. The molecular formula is C25H29BrN4O. The summed E-state index contributed by atoms with van der Waals surface area (Å²) in [6, 6.07) is 6.76. The first-order chi connectivity index (χ1) is 14.8. The van der Waals surface area contributed by atoms with Crippen LogP contribution in [0.5, 0.6) is 0 Å². The van der Waals surface area contributed by atoms with Crippen LogP contribution >= 0.6 is 15.9 Å². The molecule has 1 aliphatic heterocycles. The summed E-state index contributed by atoms with van der Waals surface area (Å²) in [5.41, 5.74) is 11.9. The highest BCUT2D eigenvalue weighted by molar-refractivity contribution is 9.11. The van der Waals surface area contributed by atoms with Crippen molar-refractivity contribution >= 4 is 39.3 Å². The number of allylic oxidation sites excluding steroid dienone is 2. The lowest BCUT2D eigenvalue weighted by atomic mass is 9.67. The normalized spacial score (nSPS) is 24.2. The van der Waals surface area contributed by atoms with Gasteiger partial charge in [-0.2, -0.15) is 0 Å². The van der Waals surface area contributed by atoms with E-state index in [9.17, 15) is 4.79 Å². The molecule has 0 bridgehead atoms. The monoisotopic (exact) mass is 480 g/mol. The van der Waals surface area contributed by atoms with Crippen LogP contribution in [-0.4, -0.2) is 47.6 Å². The first kappa shape index (κ1) is 20.9. The van der Waals surface area contributed by atoms with Gasteiger partial charge in [0.05, 0.1) is 12.1 Å². The van der Waals surface area contributed by atoms with Crippen molar-refractivity contribution in [3.63, 3.8) is 0 Å². The topological polar surface area (TPSA) is 74.5 Å². The number of ketones is 1. The molecule has 1 unspecified atom stereocenters. The highest BCUT2D eigenvalue weighted by Gasteiger charge is 2.44. The van der Waals surface area contributed by atoms with Crippen molar-refractivity contribution < 1.29 is 4.79 Å². The predicted octanol–water partition coefficient (Wildman–Crippen LogP) is 4.61. The Kier molecular flexibility index (Phi) is 5.07. The number of benzene rings is 1. The molecule has 162 valence electrons. The van der Waals surface area contributed by atoms with E-state index in [0.29, 0.717) is 12.6 Å². The Bertz CT molecular complexity index is 1150. The van der Waals surface area contributed by atoms with Gasteiger partial charge in [-0.1, -0.05) is 41.9 Å². The number of carbonyl (C=O) groups is 1. The number of likely N-dealkylation sites (tertiary alicyclic amines) is 1. The number of fused-ring (bicyclic) bond motifs is 3. The zero-order valence-corrected chi connectivity index (χ0v) is 19.8. The minimum absolute atomic E-state index is 0.126. The molecule has 2 aliphatic carbocycles. The maximum absolute atomic E-state index is 13.7. The van der Waals surface area contributed by atoms with Crippen molar-refractivity contribution in [2.24, 2.45) is 10.7 Å². The molecule has 3 aliphatic rings. The standard InChI is InChI=1S/C25H29BrN4O/c1-25(2)18-12-21(30-8-6-15(27)7-9-30)19(26)11-17(18)23(31)22-16-5-4-14(13-28-3)10-20(16)29-24(22)25/h4-5,10-11,15,21,29H,3,6-9,12-13,27H2,1-2H3. The van der Waals surface area contributed by atoms with Crippen molar-refractivity contribution in [3.8, 4) is 0 Å². The number of nitrogens with one attached hydrogen (secondary N) is 1. The van der Waals surface area contributed by atoms with E-state index >= 15 is 0 Å². The van der Waals surface area contributed by atoms with E-state index in [-0.39, 0.29) is 17.2 Å². The lowest BCUT2D eigenvalue weighted by Crippen LogP contribution is -2.47. The third kappa shape index (κ3) is 3.27. The van der Waals surface area contributed by atoms with E-state index in [2.05, 4.69) is 63.5 Å². The van der Waals surface area contributed by atoms with Gasteiger partial charge in [-0.15, -0.1) is 0 Å². The molecule has 0 radical (unpaired) electrons. The van der Waals surface area contributed by atoms with E-state index in [1.54, 1.807) is 0 Å². The molecule has 1 fully saturated rings. The minimum atomic E-state index is -0.247. The van der Waals surface area contributed by atoms with Crippen LogP contribution in [0.15, 0.2) is 44.9 Å². The maximum Gasteiger partial charge on any atom is 0.195 e. The van der Waals surface area contributed by atoms with E-state index in [0.717, 1.165) is 70.1 Å². The van der Waals surface area contributed by atoms with Crippen LogP contribution in [0, 0.1) is 0 Å². The fraction of sp³-hybridized carbons (Fsp3) is 0.440. The smallest absolute Gasteiger partial charge is 0.195 e. The Morgan fingerprint density at radius 1 is 1.32 bits per heavy atom. The van der Waals surface area contributed by atoms with Gasteiger partial charge in [0, 0.05) is 57.2 Å². The van der Waals surface area contributed by atoms with Crippen molar-refractivity contribution in [2.75, 3.05) is 13.1 Å². The maximum atomic E-state index is 13.7. The van der Waals surface area contributed by atoms with Gasteiger partial charge in [-0.3, -0.25) is 14.7 Å². The molecule has 2 aromatic rings. The molecule has 1 aromatic carbocycles. The second-order valence-corrected chi connectivity index (χ2v) is 10.5. The number of rotatable bonds is 3. The summed E-state index contributed by atoms with van der Waals surface area (Å²) in [6.45, 7) is 10.7. The Balaban J connectivity index is 1.57. The third-order valence-corrected chi connectivity index (χ3v) is 8.10. The number of piperidine rings is 1. The van der Waals surface area contributed by atoms with E-state index < -0.39 is 0 Å². The lowest BCUT2D eigenvalue weighted by Gasteiger charge is -2.43. The van der Waals surface area contributed by atoms with Crippen molar-refractivity contribution in [1.29, 1.82) is 0 Å². The van der Waals surface area contributed by atoms with Gasteiger partial charge in [-0.05, 0) is 49.3 Å². The van der Waals surface area contributed by atoms with E-state index in [4.69, 9.17) is 5.73 Å². The Morgan fingerprint density at radius 3 is 2.77 bits per heavy atom. The molecule has 1 atom stereocenters. The molecule has 5 nitrogen and oxygen atoms in total. The van der Waals surface area contributed by atoms with Crippen LogP contribution in [0.1, 0.15) is 54.7 Å². The number of aliphatic imine (C=N–C) groups is 1. The number of aromatic amines is 1. The predicted molar refractivity (Wildman–Crippen MR) is 130 cm³/mol. The molecule has 0 amide bonds. The number of halogens is 1. The summed E-state index contributed by atoms with van der Waals surface area (Å²) < 4.78 is 1.11. The van der Waals surface area contributed by atoms with E-state index in [1.165, 1.54) is 5.57 Å². The molecule has 5 rings (SSSR count). The Labute approximate surface area is 191 Å². The molecule has 1 saturated heterocycles. The first-order valence-electron chi connectivity index (χ1n) is 11.0. The quantitative estimate of drug-likeness (QED) is 0.629. The second-order valence-electron chi connectivity index (χ2n) is 9.61. The van der Waals surface area contributed by atoms with E-state index in [1.807, 2.05) is 12.1 Å². The summed E-state index contributed by atoms with van der Waals surface area (Å²) in [5, 5.41) is 0.990. The number of carbonyl (C=O) groups excluding carboxylic acids is 1. The number of H-pyrrole nitrogens is 1. The van der Waals surface area contributed by atoms with Gasteiger partial charge in [0.25, 0.3) is 0 Å². The largest absolute Gasteiger partial charge is 0.357 e. The van der Waals surface area contributed by atoms with Gasteiger partial charge < -0.3 is 10.7 Å². The van der Waals surface area contributed by atoms with Crippen LogP contribution in [-0.2, 0) is 12.0 Å². The molecule has 3 N–H and O–H groups in total. The lowest BCUT2D eigenvalue weighted by molar-refractivity contribution is 0.102. The molecule has 31 heavy (non-hydrogen) atoms. The van der Waals surface area contributed by atoms with Gasteiger partial charge in [0.15, 0.2) is 5.78 Å². The summed E-state index contributed by atoms with van der Waals surface area (Å²) in [6.07, 6.45) is 5.00. The highest BCUT2D eigenvalue weighted by atomic mass is 79.9. The zero-order chi connectivity index (χ0) is 21.9. The summed E-state index contributed by atoms with van der Waals surface area (Å²) in [4.78, 5) is 23.8. The molecule has 6 heteroatoms.